The van der Waals surface area contributed by atoms with Crippen molar-refractivity contribution in [1.82, 2.24) is 0 Å². The lowest BCUT2D eigenvalue weighted by Gasteiger charge is -2.44. The first-order valence-corrected chi connectivity index (χ1v) is 15.7. The Bertz CT molecular complexity index is 967. The van der Waals surface area contributed by atoms with Gasteiger partial charge in [0, 0.05) is 6.42 Å². The minimum Gasteiger partial charge on any atom is -0.394 e. The third-order valence-corrected chi connectivity index (χ3v) is 10.6. The molecule has 4 rings (SSSR count). The molecule has 11 atom stereocenters. The van der Waals surface area contributed by atoms with Crippen LogP contribution in [0.3, 0.4) is 0 Å². The Hall–Kier alpha value is -1.10. The number of fused-ring (bicyclic) bond motifs is 1. The van der Waals surface area contributed by atoms with Gasteiger partial charge in [-0.25, -0.2) is 0 Å². The van der Waals surface area contributed by atoms with Gasteiger partial charge in [-0.3, -0.25) is 0 Å². The molecule has 8 heteroatoms. The number of hydrogen-bond acceptors (Lipinski definition) is 8. The highest BCUT2D eigenvalue weighted by molar-refractivity contribution is 5.39. The van der Waals surface area contributed by atoms with E-state index < -0.39 is 55.1 Å². The second-order valence-corrected chi connectivity index (χ2v) is 14.2. The summed E-state index contributed by atoms with van der Waals surface area (Å²) in [5.74, 6) is 1.84. The van der Waals surface area contributed by atoms with Gasteiger partial charge in [-0.05, 0) is 93.1 Å². The smallest absolute Gasteiger partial charge is 0.187 e. The molecule has 0 spiro atoms. The van der Waals surface area contributed by atoms with E-state index in [-0.39, 0.29) is 11.8 Å². The standard InChI is InChI=1S/C33H54O8/c1-19(8-6-14-32(3,4)39)24-12-13-25-21(9-7-15-33(24,25)5)10-11-22-16-23(35)17-26(20(22)2)40-31-30(38)29(37)28(36)27(18-34)41-31/h10-11,19,23-31,34-39H,2,6-9,12-18H2,1,3-5H3/b21-10+,22-11-/t19?,23-,24-,25?,26?,27?,28?,29?,30?,31?,33-/m1/s1. The average Bonchev–Trinajstić information content (AvgIpc) is 3.26. The Kier molecular flexibility index (Phi) is 10.6. The summed E-state index contributed by atoms with van der Waals surface area (Å²) in [7, 11) is 0. The Labute approximate surface area is 245 Å². The van der Waals surface area contributed by atoms with Gasteiger partial charge in [-0.1, -0.05) is 51.0 Å². The van der Waals surface area contributed by atoms with Gasteiger partial charge >= 0.3 is 0 Å². The van der Waals surface area contributed by atoms with Crippen LogP contribution in [-0.2, 0) is 9.47 Å². The molecule has 6 N–H and O–H groups in total. The van der Waals surface area contributed by atoms with Crippen LogP contribution in [0.4, 0.5) is 0 Å². The van der Waals surface area contributed by atoms with Crippen molar-refractivity contribution in [2.45, 2.75) is 140 Å². The van der Waals surface area contributed by atoms with E-state index in [1.165, 1.54) is 31.3 Å². The van der Waals surface area contributed by atoms with E-state index in [1.54, 1.807) is 0 Å². The van der Waals surface area contributed by atoms with Gasteiger partial charge in [0.1, 0.15) is 24.4 Å². The largest absolute Gasteiger partial charge is 0.394 e. The molecule has 8 nitrogen and oxygen atoms in total. The van der Waals surface area contributed by atoms with E-state index in [0.717, 1.165) is 31.3 Å². The maximum absolute atomic E-state index is 10.7. The summed E-state index contributed by atoms with van der Waals surface area (Å²) in [6, 6.07) is 0. The van der Waals surface area contributed by atoms with Crippen LogP contribution in [-0.4, -0.2) is 85.8 Å². The molecule has 8 unspecified atom stereocenters. The Morgan fingerprint density at radius 2 is 1.85 bits per heavy atom. The van der Waals surface area contributed by atoms with Gasteiger partial charge in [0.2, 0.25) is 0 Å². The Balaban J connectivity index is 1.44. The van der Waals surface area contributed by atoms with E-state index in [0.29, 0.717) is 29.7 Å². The number of hydrogen-bond donors (Lipinski definition) is 6. The third-order valence-electron chi connectivity index (χ3n) is 10.6. The predicted octanol–water partition coefficient (Wildman–Crippen LogP) is 3.53. The van der Waals surface area contributed by atoms with Crippen molar-refractivity contribution >= 4 is 0 Å². The monoisotopic (exact) mass is 578 g/mol. The van der Waals surface area contributed by atoms with Gasteiger partial charge in [-0.2, -0.15) is 0 Å². The Morgan fingerprint density at radius 3 is 2.54 bits per heavy atom. The SMILES string of the molecule is C=C1/C(=C\C=C2/CCC[C@@]3(C)C2CC[C@@H]3C(C)CCCC(C)(C)O)C[C@@H](O)CC1OC1OC(CO)C(O)C(O)C1O. The van der Waals surface area contributed by atoms with Gasteiger partial charge in [0.25, 0.3) is 0 Å². The zero-order valence-corrected chi connectivity index (χ0v) is 25.4. The molecule has 41 heavy (non-hydrogen) atoms. The van der Waals surface area contributed by atoms with E-state index in [2.05, 4.69) is 32.6 Å². The highest BCUT2D eigenvalue weighted by Gasteiger charge is 2.50. The fraction of sp³-hybridized carbons (Fsp3) is 0.818. The van der Waals surface area contributed by atoms with Gasteiger partial charge in [0.15, 0.2) is 6.29 Å². The van der Waals surface area contributed by atoms with Gasteiger partial charge < -0.3 is 40.1 Å². The van der Waals surface area contributed by atoms with E-state index >= 15 is 0 Å². The first-order chi connectivity index (χ1) is 19.2. The molecule has 0 aromatic carbocycles. The minimum atomic E-state index is -1.52. The van der Waals surface area contributed by atoms with Crippen molar-refractivity contribution in [3.05, 3.63) is 35.5 Å². The highest BCUT2D eigenvalue weighted by atomic mass is 16.7. The number of allylic oxidation sites excluding steroid dienone is 3. The Morgan fingerprint density at radius 1 is 1.12 bits per heavy atom. The van der Waals surface area contributed by atoms with Gasteiger partial charge in [0.05, 0.1) is 24.4 Å². The normalized spacial score (nSPS) is 43.0. The molecule has 3 saturated carbocycles. The summed E-state index contributed by atoms with van der Waals surface area (Å²) < 4.78 is 11.5. The quantitative estimate of drug-likeness (QED) is 0.244. The van der Waals surface area contributed by atoms with Crippen LogP contribution < -0.4 is 0 Å². The van der Waals surface area contributed by atoms with Crippen LogP contribution in [0.15, 0.2) is 35.5 Å². The van der Waals surface area contributed by atoms with Gasteiger partial charge in [-0.15, -0.1) is 0 Å². The average molecular weight is 579 g/mol. The summed E-state index contributed by atoms with van der Waals surface area (Å²) >= 11 is 0. The molecular weight excluding hydrogens is 524 g/mol. The van der Waals surface area contributed by atoms with Crippen LogP contribution in [0.5, 0.6) is 0 Å². The highest BCUT2D eigenvalue weighted by Crippen LogP contribution is 2.60. The van der Waals surface area contributed by atoms with E-state index in [1.807, 2.05) is 13.8 Å². The summed E-state index contributed by atoms with van der Waals surface area (Å²) in [6.07, 6.45) is 5.91. The fourth-order valence-corrected chi connectivity index (χ4v) is 8.20. The van der Waals surface area contributed by atoms with E-state index in [9.17, 15) is 30.6 Å². The summed E-state index contributed by atoms with van der Waals surface area (Å²) in [4.78, 5) is 0. The fourth-order valence-electron chi connectivity index (χ4n) is 8.20. The van der Waals surface area contributed by atoms with Crippen molar-refractivity contribution in [3.8, 4) is 0 Å². The molecule has 0 amide bonds. The molecule has 0 bridgehead atoms. The second kappa shape index (κ2) is 13.3. The number of aliphatic hydroxyl groups is 6. The molecule has 0 aromatic heterocycles. The van der Waals surface area contributed by atoms with E-state index in [4.69, 9.17) is 9.47 Å². The lowest BCUT2D eigenvalue weighted by Crippen LogP contribution is -2.60. The van der Waals surface area contributed by atoms with Crippen LogP contribution in [0.2, 0.25) is 0 Å². The predicted molar refractivity (Wildman–Crippen MR) is 157 cm³/mol. The molecule has 3 aliphatic carbocycles. The second-order valence-electron chi connectivity index (χ2n) is 14.2. The maximum atomic E-state index is 10.7. The third kappa shape index (κ3) is 7.35. The molecular formula is C33H54O8. The maximum Gasteiger partial charge on any atom is 0.187 e. The molecule has 0 radical (unpaired) electrons. The number of rotatable bonds is 9. The first-order valence-electron chi connectivity index (χ1n) is 15.7. The molecule has 234 valence electrons. The zero-order valence-electron chi connectivity index (χ0n) is 25.4. The molecule has 1 heterocycles. The van der Waals surface area contributed by atoms with Crippen LogP contribution >= 0.6 is 0 Å². The topological polar surface area (TPSA) is 140 Å². The molecule has 4 aliphatic rings. The summed E-state index contributed by atoms with van der Waals surface area (Å²) in [5.41, 5.74) is 2.73. The van der Waals surface area contributed by atoms with Crippen molar-refractivity contribution in [2.24, 2.45) is 23.2 Å². The van der Waals surface area contributed by atoms with Crippen LogP contribution in [0.1, 0.15) is 91.9 Å². The van der Waals surface area contributed by atoms with Crippen LogP contribution in [0, 0.1) is 23.2 Å². The van der Waals surface area contributed by atoms with Crippen molar-refractivity contribution in [2.75, 3.05) is 6.61 Å². The number of ether oxygens (including phenoxy) is 2. The lowest BCUT2D eigenvalue weighted by atomic mass is 9.60. The number of aliphatic hydroxyl groups excluding tert-OH is 5. The first kappa shape index (κ1) is 32.8. The molecule has 4 fully saturated rings. The minimum absolute atomic E-state index is 0.272. The van der Waals surface area contributed by atoms with Crippen molar-refractivity contribution < 1.29 is 40.1 Å². The van der Waals surface area contributed by atoms with Crippen molar-refractivity contribution in [1.29, 1.82) is 0 Å². The van der Waals surface area contributed by atoms with Crippen LogP contribution in [0.25, 0.3) is 0 Å². The molecule has 1 saturated heterocycles. The zero-order chi connectivity index (χ0) is 30.1. The molecule has 0 aromatic rings. The lowest BCUT2D eigenvalue weighted by molar-refractivity contribution is -0.309. The summed E-state index contributed by atoms with van der Waals surface area (Å²) in [6.45, 7) is 12.4. The molecule has 1 aliphatic heterocycles. The summed E-state index contributed by atoms with van der Waals surface area (Å²) in [5, 5.41) is 61.0. The van der Waals surface area contributed by atoms with Crippen molar-refractivity contribution in [3.63, 3.8) is 0 Å².